The average molecular weight is 125 g/mol. The van der Waals surface area contributed by atoms with Crippen LogP contribution in [0.2, 0.25) is 0 Å². The Kier molecular flexibility index (Phi) is 2.06. The first kappa shape index (κ1) is 6.07. The smallest absolute Gasteiger partial charge is 0.131 e. The highest BCUT2D eigenvalue weighted by atomic mass is 16.5. The van der Waals surface area contributed by atoms with E-state index in [1.54, 1.807) is 24.5 Å². The summed E-state index contributed by atoms with van der Waals surface area (Å²) in [5, 5.41) is 9.77. The van der Waals surface area contributed by atoms with Crippen molar-refractivity contribution in [1.82, 2.24) is 0 Å². The standard InChI is InChI=1S/C6H7NO2/c8-7-4-3-6-2-1-5-9-6/h1-5H,7H2. The molecule has 0 aliphatic carbocycles. The van der Waals surface area contributed by atoms with Gasteiger partial charge in [-0.25, -0.2) is 0 Å². The summed E-state index contributed by atoms with van der Waals surface area (Å²) in [6, 6.07) is 3.55. The molecule has 0 spiro atoms. The maximum absolute atomic E-state index is 9.77. The maximum Gasteiger partial charge on any atom is 0.131 e. The summed E-state index contributed by atoms with van der Waals surface area (Å²) in [5.41, 5.74) is 0.711. The van der Waals surface area contributed by atoms with Crippen molar-refractivity contribution in [2.45, 2.75) is 0 Å². The summed E-state index contributed by atoms with van der Waals surface area (Å²) < 4.78 is 4.89. The van der Waals surface area contributed by atoms with Crippen LogP contribution < -0.4 is 5.48 Å². The number of nitrogens with two attached hydrogens (primary N) is 1. The van der Waals surface area contributed by atoms with Gasteiger partial charge in [-0.05, 0) is 12.1 Å². The molecule has 0 atom stereocenters. The minimum atomic E-state index is 0.696. The molecule has 0 amide bonds. The van der Waals surface area contributed by atoms with Crippen LogP contribution in [0.5, 0.6) is 0 Å². The molecule has 1 rings (SSSR count). The zero-order valence-corrected chi connectivity index (χ0v) is 4.78. The van der Waals surface area contributed by atoms with Crippen LogP contribution in [-0.2, 0) is 0 Å². The number of rotatable bonds is 2. The number of hydrogen-bond donors (Lipinski definition) is 1. The molecule has 3 nitrogen and oxygen atoms in total. The van der Waals surface area contributed by atoms with Gasteiger partial charge in [0.25, 0.3) is 0 Å². The quantitative estimate of drug-likeness (QED) is 0.578. The monoisotopic (exact) mass is 125 g/mol. The van der Waals surface area contributed by atoms with Crippen molar-refractivity contribution < 1.29 is 9.90 Å². The largest absolute Gasteiger partial charge is 0.631 e. The highest BCUT2D eigenvalue weighted by Gasteiger charge is 1.84. The highest BCUT2D eigenvalue weighted by molar-refractivity contribution is 5.39. The first-order valence-corrected chi connectivity index (χ1v) is 2.59. The van der Waals surface area contributed by atoms with E-state index in [0.29, 0.717) is 11.2 Å². The highest BCUT2D eigenvalue weighted by Crippen LogP contribution is 1.99. The minimum absolute atomic E-state index is 0.696. The van der Waals surface area contributed by atoms with E-state index in [4.69, 9.17) is 4.42 Å². The molecular weight excluding hydrogens is 118 g/mol. The van der Waals surface area contributed by atoms with Gasteiger partial charge in [0.1, 0.15) is 5.76 Å². The third-order valence-electron chi connectivity index (χ3n) is 0.882. The van der Waals surface area contributed by atoms with Gasteiger partial charge in [-0.2, -0.15) is 0 Å². The molecule has 0 aliphatic heterocycles. The second kappa shape index (κ2) is 3.06. The second-order valence-electron chi connectivity index (χ2n) is 1.51. The molecule has 0 radical (unpaired) electrons. The Morgan fingerprint density at radius 3 is 3.11 bits per heavy atom. The van der Waals surface area contributed by atoms with E-state index in [-0.39, 0.29) is 0 Å². The number of furan rings is 1. The summed E-state index contributed by atoms with van der Waals surface area (Å²) in [6.07, 6.45) is 4.55. The summed E-state index contributed by atoms with van der Waals surface area (Å²) in [5.74, 6) is 0.696. The first-order valence-electron chi connectivity index (χ1n) is 2.59. The normalized spacial score (nSPS) is 10.8. The molecule has 0 bridgehead atoms. The van der Waals surface area contributed by atoms with Crippen LogP contribution in [0.1, 0.15) is 5.76 Å². The molecule has 3 heteroatoms. The Morgan fingerprint density at radius 2 is 2.56 bits per heavy atom. The molecule has 2 N–H and O–H groups in total. The van der Waals surface area contributed by atoms with Gasteiger partial charge in [0.2, 0.25) is 0 Å². The fourth-order valence-electron chi connectivity index (χ4n) is 0.520. The minimum Gasteiger partial charge on any atom is -0.631 e. The van der Waals surface area contributed by atoms with Crippen molar-refractivity contribution in [3.8, 4) is 0 Å². The second-order valence-corrected chi connectivity index (χ2v) is 1.51. The molecule has 1 aromatic heterocycles. The summed E-state index contributed by atoms with van der Waals surface area (Å²) in [4.78, 5) is 0. The first-order chi connectivity index (χ1) is 4.43. The molecule has 0 aromatic carbocycles. The molecular formula is C6H7NO2. The lowest BCUT2D eigenvalue weighted by Gasteiger charge is -1.87. The van der Waals surface area contributed by atoms with Gasteiger partial charge in [0.15, 0.2) is 0 Å². The fraction of sp³-hybridized carbons (Fsp3) is 0. The number of hydrogen-bond acceptors (Lipinski definition) is 2. The van der Waals surface area contributed by atoms with Gasteiger partial charge >= 0.3 is 0 Å². The SMILES string of the molecule is [O-][NH2+]C=Cc1ccco1. The maximum atomic E-state index is 9.77. The van der Waals surface area contributed by atoms with Crippen molar-refractivity contribution in [2.75, 3.05) is 0 Å². The summed E-state index contributed by atoms with van der Waals surface area (Å²) in [7, 11) is 0. The van der Waals surface area contributed by atoms with Crippen LogP contribution in [0.25, 0.3) is 6.08 Å². The van der Waals surface area contributed by atoms with E-state index in [1.807, 2.05) is 0 Å². The van der Waals surface area contributed by atoms with Crippen LogP contribution in [0.15, 0.2) is 29.0 Å². The van der Waals surface area contributed by atoms with E-state index >= 15 is 0 Å². The molecule has 48 valence electrons. The Morgan fingerprint density at radius 1 is 1.67 bits per heavy atom. The van der Waals surface area contributed by atoms with Gasteiger partial charge in [0, 0.05) is 6.08 Å². The summed E-state index contributed by atoms with van der Waals surface area (Å²) >= 11 is 0. The van der Waals surface area contributed by atoms with Crippen molar-refractivity contribution in [3.05, 3.63) is 35.6 Å². The van der Waals surface area contributed by atoms with E-state index < -0.39 is 0 Å². The van der Waals surface area contributed by atoms with Crippen LogP contribution in [0.4, 0.5) is 0 Å². The molecule has 1 aromatic rings. The molecule has 9 heavy (non-hydrogen) atoms. The molecule has 0 aliphatic rings. The third-order valence-corrected chi connectivity index (χ3v) is 0.882. The Hall–Kier alpha value is -1.06. The Labute approximate surface area is 52.6 Å². The van der Waals surface area contributed by atoms with Gasteiger partial charge in [-0.1, -0.05) is 0 Å². The molecule has 0 unspecified atom stereocenters. The third kappa shape index (κ3) is 1.71. The zero-order valence-electron chi connectivity index (χ0n) is 4.78. The lowest BCUT2D eigenvalue weighted by atomic mass is 10.4. The van der Waals surface area contributed by atoms with Crippen molar-refractivity contribution in [3.63, 3.8) is 0 Å². The lowest BCUT2D eigenvalue weighted by molar-refractivity contribution is -0.513. The van der Waals surface area contributed by atoms with E-state index in [9.17, 15) is 5.21 Å². The van der Waals surface area contributed by atoms with E-state index in [1.165, 1.54) is 6.20 Å². The van der Waals surface area contributed by atoms with Crippen molar-refractivity contribution >= 4 is 6.08 Å². The van der Waals surface area contributed by atoms with Gasteiger partial charge in [-0.15, -0.1) is 0 Å². The number of quaternary nitrogens is 1. The van der Waals surface area contributed by atoms with Crippen molar-refractivity contribution in [1.29, 1.82) is 0 Å². The Balaban J connectivity index is 2.57. The molecule has 0 fully saturated rings. The average Bonchev–Trinajstić information content (AvgIpc) is 2.34. The fourth-order valence-corrected chi connectivity index (χ4v) is 0.520. The van der Waals surface area contributed by atoms with Crippen molar-refractivity contribution in [2.24, 2.45) is 0 Å². The number of hydroxylamine groups is 1. The van der Waals surface area contributed by atoms with E-state index in [2.05, 4.69) is 0 Å². The van der Waals surface area contributed by atoms with Crippen LogP contribution in [0, 0.1) is 5.21 Å². The van der Waals surface area contributed by atoms with Crippen LogP contribution in [-0.4, -0.2) is 0 Å². The predicted molar refractivity (Wildman–Crippen MR) is 33.0 cm³/mol. The molecule has 1 heterocycles. The summed E-state index contributed by atoms with van der Waals surface area (Å²) in [6.45, 7) is 0. The Bertz CT molecular complexity index is 179. The van der Waals surface area contributed by atoms with E-state index in [0.717, 1.165) is 0 Å². The van der Waals surface area contributed by atoms with Crippen LogP contribution in [0.3, 0.4) is 0 Å². The van der Waals surface area contributed by atoms with Gasteiger partial charge in [0.05, 0.1) is 12.5 Å². The topological polar surface area (TPSA) is 52.8 Å². The lowest BCUT2D eigenvalue weighted by Crippen LogP contribution is -2.69. The zero-order chi connectivity index (χ0) is 6.53. The predicted octanol–water partition coefficient (Wildman–Crippen LogP) is 0.312. The van der Waals surface area contributed by atoms with Crippen LogP contribution >= 0.6 is 0 Å². The van der Waals surface area contributed by atoms with Gasteiger partial charge < -0.3 is 15.1 Å². The molecule has 0 saturated carbocycles. The molecule has 0 saturated heterocycles. The van der Waals surface area contributed by atoms with Gasteiger partial charge in [-0.3, -0.25) is 0 Å².